The van der Waals surface area contributed by atoms with Gasteiger partial charge in [0.15, 0.2) is 0 Å². The predicted molar refractivity (Wildman–Crippen MR) is 70.4 cm³/mol. The Kier molecular flexibility index (Phi) is 5.40. The van der Waals surface area contributed by atoms with Crippen molar-refractivity contribution in [3.05, 3.63) is 23.8 Å². The fraction of sp³-hybridized carbons (Fsp3) is 0.455. The van der Waals surface area contributed by atoms with Crippen molar-refractivity contribution in [2.24, 2.45) is 0 Å². The third kappa shape index (κ3) is 4.33. The lowest BCUT2D eigenvalue weighted by molar-refractivity contribution is 0.523. The molecule has 0 aliphatic carbocycles. The molecule has 3 N–H and O–H groups in total. The number of anilines is 2. The lowest BCUT2D eigenvalue weighted by Gasteiger charge is -2.24. The Labute approximate surface area is 104 Å². The van der Waals surface area contributed by atoms with Crippen molar-refractivity contribution >= 4 is 22.6 Å². The number of nitrogens with two attached hydrogens (primary N) is 1. The van der Waals surface area contributed by atoms with E-state index in [-0.39, 0.29) is 0 Å². The van der Waals surface area contributed by atoms with Crippen molar-refractivity contribution in [2.45, 2.75) is 13.8 Å². The monoisotopic (exact) mass is 256 g/mol. The van der Waals surface area contributed by atoms with E-state index in [1.165, 1.54) is 0 Å². The fourth-order valence-corrected chi connectivity index (χ4v) is 1.85. The van der Waals surface area contributed by atoms with Crippen LogP contribution < -0.4 is 15.4 Å². The second kappa shape index (κ2) is 6.58. The first-order chi connectivity index (χ1) is 8.04. The van der Waals surface area contributed by atoms with Gasteiger partial charge in [-0.15, -0.1) is 0 Å². The maximum absolute atomic E-state index is 10.4. The molecular formula is C11H18N3O2S-. The predicted octanol–water partition coefficient (Wildman–Crippen LogP) is 0.787. The summed E-state index contributed by atoms with van der Waals surface area (Å²) in [7, 11) is 0. The van der Waals surface area contributed by atoms with Crippen LogP contribution in [0.1, 0.15) is 12.5 Å². The molecule has 0 bridgehead atoms. The van der Waals surface area contributed by atoms with Gasteiger partial charge in [-0.3, -0.25) is 4.21 Å². The summed E-state index contributed by atoms with van der Waals surface area (Å²) in [5.41, 5.74) is 8.61. The summed E-state index contributed by atoms with van der Waals surface area (Å²) in [5.74, 6) is 0. The van der Waals surface area contributed by atoms with Crippen LogP contribution in [0.5, 0.6) is 0 Å². The maximum Gasteiger partial charge on any atom is 0.0370 e. The van der Waals surface area contributed by atoms with E-state index in [2.05, 4.69) is 9.62 Å². The Morgan fingerprint density at radius 3 is 2.76 bits per heavy atom. The van der Waals surface area contributed by atoms with E-state index >= 15 is 0 Å². The number of aryl methyl sites for hydroxylation is 1. The molecule has 96 valence electrons. The molecule has 0 aliphatic rings. The van der Waals surface area contributed by atoms with E-state index in [1.807, 2.05) is 32.0 Å². The zero-order valence-corrected chi connectivity index (χ0v) is 10.9. The highest BCUT2D eigenvalue weighted by Crippen LogP contribution is 2.20. The van der Waals surface area contributed by atoms with Crippen LogP contribution in [-0.4, -0.2) is 28.4 Å². The summed E-state index contributed by atoms with van der Waals surface area (Å²) in [6, 6.07) is 5.82. The van der Waals surface area contributed by atoms with Crippen LogP contribution in [0, 0.1) is 6.92 Å². The minimum absolute atomic E-state index is 0.396. The van der Waals surface area contributed by atoms with Crippen LogP contribution in [0.15, 0.2) is 18.2 Å². The zero-order valence-electron chi connectivity index (χ0n) is 10.1. The normalized spacial score (nSPS) is 12.4. The van der Waals surface area contributed by atoms with E-state index in [0.717, 1.165) is 23.5 Å². The smallest absolute Gasteiger partial charge is 0.0370 e. The van der Waals surface area contributed by atoms with Crippen LogP contribution in [0.4, 0.5) is 11.4 Å². The van der Waals surface area contributed by atoms with Gasteiger partial charge in [-0.2, -0.15) is 0 Å². The Morgan fingerprint density at radius 2 is 2.24 bits per heavy atom. The molecule has 0 aromatic heterocycles. The fourth-order valence-electron chi connectivity index (χ4n) is 1.59. The second-order valence-electron chi connectivity index (χ2n) is 3.75. The van der Waals surface area contributed by atoms with Gasteiger partial charge in [-0.1, -0.05) is 0 Å². The summed E-state index contributed by atoms with van der Waals surface area (Å²) >= 11 is -2.20. The molecule has 0 saturated carbocycles. The first-order valence-corrected chi connectivity index (χ1v) is 6.56. The molecule has 0 radical (unpaired) electrons. The summed E-state index contributed by atoms with van der Waals surface area (Å²) in [6.07, 6.45) is 0. The summed E-state index contributed by atoms with van der Waals surface area (Å²) in [4.78, 5) is 2.09. The van der Waals surface area contributed by atoms with Crippen molar-refractivity contribution in [1.82, 2.24) is 4.72 Å². The van der Waals surface area contributed by atoms with Gasteiger partial charge in [0.05, 0.1) is 0 Å². The van der Waals surface area contributed by atoms with Crippen LogP contribution in [-0.2, 0) is 11.3 Å². The minimum atomic E-state index is -2.20. The van der Waals surface area contributed by atoms with Crippen molar-refractivity contribution in [1.29, 1.82) is 0 Å². The molecule has 0 heterocycles. The lowest BCUT2D eigenvalue weighted by Crippen LogP contribution is -2.32. The molecule has 1 aromatic rings. The zero-order chi connectivity index (χ0) is 12.8. The molecule has 0 aliphatic heterocycles. The molecule has 0 fully saturated rings. The molecular weight excluding hydrogens is 238 g/mol. The number of hydrogen-bond acceptors (Lipinski definition) is 4. The molecule has 0 spiro atoms. The van der Waals surface area contributed by atoms with E-state index in [9.17, 15) is 8.76 Å². The van der Waals surface area contributed by atoms with Gasteiger partial charge in [0.25, 0.3) is 0 Å². The SMILES string of the molecule is CCN(CCNS(=O)[O-])c1ccc(N)c(C)c1. The largest absolute Gasteiger partial charge is 0.760 e. The minimum Gasteiger partial charge on any atom is -0.760 e. The molecule has 0 saturated heterocycles. The highest BCUT2D eigenvalue weighted by molar-refractivity contribution is 7.77. The third-order valence-corrected chi connectivity index (χ3v) is 3.04. The highest BCUT2D eigenvalue weighted by atomic mass is 32.2. The van der Waals surface area contributed by atoms with Crippen molar-refractivity contribution in [3.63, 3.8) is 0 Å². The standard InChI is InChI=1S/C11H19N3O2S/c1-3-14(7-6-13-17(15)16)10-4-5-11(12)9(2)8-10/h4-5,8,13H,3,6-7,12H2,1-2H3,(H,15,16)/p-1. The quantitative estimate of drug-likeness (QED) is 0.582. The Balaban J connectivity index is 2.65. The van der Waals surface area contributed by atoms with Gasteiger partial charge >= 0.3 is 0 Å². The van der Waals surface area contributed by atoms with E-state index in [0.29, 0.717) is 13.1 Å². The molecule has 17 heavy (non-hydrogen) atoms. The first kappa shape index (κ1) is 14.0. The number of benzene rings is 1. The Hall–Kier alpha value is -1.11. The Morgan fingerprint density at radius 1 is 1.53 bits per heavy atom. The molecule has 1 rings (SSSR count). The van der Waals surface area contributed by atoms with E-state index < -0.39 is 11.3 Å². The molecule has 1 aromatic carbocycles. The number of nitrogens with one attached hydrogen (secondary N) is 1. The summed E-state index contributed by atoms with van der Waals surface area (Å²) in [6.45, 7) is 5.83. The van der Waals surface area contributed by atoms with E-state index in [4.69, 9.17) is 5.73 Å². The number of nitrogen functional groups attached to an aromatic ring is 1. The molecule has 0 amide bonds. The van der Waals surface area contributed by atoms with Gasteiger partial charge in [0.1, 0.15) is 0 Å². The average Bonchev–Trinajstić information content (AvgIpc) is 2.28. The van der Waals surface area contributed by atoms with Crippen LogP contribution in [0.25, 0.3) is 0 Å². The van der Waals surface area contributed by atoms with Gasteiger partial charge in [0.2, 0.25) is 0 Å². The highest BCUT2D eigenvalue weighted by Gasteiger charge is 2.05. The van der Waals surface area contributed by atoms with Crippen molar-refractivity contribution < 1.29 is 8.76 Å². The van der Waals surface area contributed by atoms with Gasteiger partial charge in [-0.25, -0.2) is 4.72 Å². The average molecular weight is 256 g/mol. The van der Waals surface area contributed by atoms with Crippen LogP contribution in [0.2, 0.25) is 0 Å². The third-order valence-electron chi connectivity index (χ3n) is 2.60. The van der Waals surface area contributed by atoms with Gasteiger partial charge < -0.3 is 15.2 Å². The topological polar surface area (TPSA) is 81.4 Å². The number of hydrogen-bond donors (Lipinski definition) is 2. The van der Waals surface area contributed by atoms with Crippen molar-refractivity contribution in [2.75, 3.05) is 30.3 Å². The molecule has 1 atom stereocenters. The van der Waals surface area contributed by atoms with Gasteiger partial charge in [0, 0.05) is 42.3 Å². The van der Waals surface area contributed by atoms with E-state index in [1.54, 1.807) is 0 Å². The number of rotatable bonds is 6. The Bertz CT molecular complexity index is 398. The lowest BCUT2D eigenvalue weighted by atomic mass is 10.1. The second-order valence-corrected chi connectivity index (χ2v) is 4.51. The van der Waals surface area contributed by atoms with Gasteiger partial charge in [-0.05, 0) is 37.6 Å². The van der Waals surface area contributed by atoms with Crippen LogP contribution >= 0.6 is 0 Å². The number of likely N-dealkylation sites (N-methyl/N-ethyl adjacent to an activating group) is 1. The van der Waals surface area contributed by atoms with Crippen molar-refractivity contribution in [3.8, 4) is 0 Å². The summed E-state index contributed by atoms with van der Waals surface area (Å²) < 4.78 is 23.1. The first-order valence-electron chi connectivity index (χ1n) is 5.48. The summed E-state index contributed by atoms with van der Waals surface area (Å²) in [5, 5.41) is 0. The number of nitrogens with zero attached hydrogens (tertiary/aromatic N) is 1. The molecule has 1 unspecified atom stereocenters. The maximum atomic E-state index is 10.4. The van der Waals surface area contributed by atoms with Crippen LogP contribution in [0.3, 0.4) is 0 Å². The molecule has 6 heteroatoms. The molecule has 5 nitrogen and oxygen atoms in total.